The van der Waals surface area contributed by atoms with Crippen LogP contribution in [0, 0.1) is 0 Å². The van der Waals surface area contributed by atoms with Crippen LogP contribution in [0.3, 0.4) is 0 Å². The van der Waals surface area contributed by atoms with Gasteiger partial charge in [-0.1, -0.05) is 32.0 Å². The molecule has 19 heavy (non-hydrogen) atoms. The molecule has 2 rings (SSSR count). The summed E-state index contributed by atoms with van der Waals surface area (Å²) in [5, 5.41) is 0. The topological polar surface area (TPSA) is 35.5 Å². The monoisotopic (exact) mass is 260 g/mol. The summed E-state index contributed by atoms with van der Waals surface area (Å²) < 4.78 is 10.8. The van der Waals surface area contributed by atoms with Gasteiger partial charge in [-0.3, -0.25) is 0 Å². The molecule has 0 aliphatic carbocycles. The number of carbonyl (C=O) groups is 1. The highest BCUT2D eigenvalue weighted by atomic mass is 16.5. The zero-order valence-corrected chi connectivity index (χ0v) is 11.7. The second-order valence-electron chi connectivity index (χ2n) is 4.90. The van der Waals surface area contributed by atoms with Crippen molar-refractivity contribution in [3.05, 3.63) is 35.4 Å². The average Bonchev–Trinajstić information content (AvgIpc) is 2.38. The van der Waals surface area contributed by atoms with Crippen molar-refractivity contribution < 1.29 is 14.3 Å². The van der Waals surface area contributed by atoms with E-state index in [1.54, 1.807) is 6.08 Å². The summed E-state index contributed by atoms with van der Waals surface area (Å²) in [6.45, 7) is 7.11. The molecule has 0 unspecified atom stereocenters. The van der Waals surface area contributed by atoms with E-state index in [-0.39, 0.29) is 5.97 Å². The summed E-state index contributed by atoms with van der Waals surface area (Å²) >= 11 is 0. The van der Waals surface area contributed by atoms with Crippen LogP contribution in [-0.2, 0) is 9.53 Å². The van der Waals surface area contributed by atoms with E-state index in [2.05, 4.69) is 19.9 Å². The van der Waals surface area contributed by atoms with Gasteiger partial charge in [0.05, 0.1) is 13.2 Å². The quantitative estimate of drug-likeness (QED) is 0.616. The third-order valence-corrected chi connectivity index (χ3v) is 3.21. The highest BCUT2D eigenvalue weighted by Gasteiger charge is 2.20. The predicted molar refractivity (Wildman–Crippen MR) is 75.3 cm³/mol. The minimum Gasteiger partial charge on any atom is -0.492 e. The molecular formula is C16H20O3. The maximum atomic E-state index is 11.6. The van der Waals surface area contributed by atoms with Crippen LogP contribution in [0.15, 0.2) is 24.3 Å². The Bertz CT molecular complexity index is 501. The van der Waals surface area contributed by atoms with Crippen LogP contribution in [0.4, 0.5) is 0 Å². The van der Waals surface area contributed by atoms with Crippen molar-refractivity contribution in [1.82, 2.24) is 0 Å². The number of fused-ring (bicyclic) bond motifs is 1. The third-order valence-electron chi connectivity index (χ3n) is 3.21. The van der Waals surface area contributed by atoms with Gasteiger partial charge in [0.15, 0.2) is 0 Å². The first-order valence-electron chi connectivity index (χ1n) is 6.77. The van der Waals surface area contributed by atoms with Gasteiger partial charge in [0.2, 0.25) is 0 Å². The van der Waals surface area contributed by atoms with Crippen LogP contribution < -0.4 is 4.74 Å². The molecule has 0 atom stereocenters. The molecule has 102 valence electrons. The van der Waals surface area contributed by atoms with Gasteiger partial charge in [-0.15, -0.1) is 0 Å². The maximum Gasteiger partial charge on any atom is 0.331 e. The Morgan fingerprint density at radius 2 is 2.26 bits per heavy atom. The second kappa shape index (κ2) is 5.91. The summed E-state index contributed by atoms with van der Waals surface area (Å²) in [6.07, 6.45) is 2.34. The molecule has 1 heterocycles. The normalized spacial score (nSPS) is 16.1. The van der Waals surface area contributed by atoms with Gasteiger partial charge in [-0.2, -0.15) is 0 Å². The Hall–Kier alpha value is -1.77. The standard InChI is InChI=1S/C16H20O3/c1-4-18-15(17)10-12-8-9-19-16-13(11(2)3)6-5-7-14(12)16/h5-7,10-11H,4,8-9H2,1-3H3/b12-10+. The van der Waals surface area contributed by atoms with E-state index in [1.807, 2.05) is 19.1 Å². The smallest absolute Gasteiger partial charge is 0.331 e. The van der Waals surface area contributed by atoms with Crippen molar-refractivity contribution in [3.8, 4) is 5.75 Å². The Balaban J connectivity index is 2.40. The number of hydrogen-bond donors (Lipinski definition) is 0. The van der Waals surface area contributed by atoms with Crippen molar-refractivity contribution in [2.45, 2.75) is 33.1 Å². The lowest BCUT2D eigenvalue weighted by molar-refractivity contribution is -0.137. The number of esters is 1. The number of ether oxygens (including phenoxy) is 2. The van der Waals surface area contributed by atoms with Crippen molar-refractivity contribution >= 4 is 11.5 Å². The first-order chi connectivity index (χ1) is 9.13. The maximum absolute atomic E-state index is 11.6. The zero-order valence-electron chi connectivity index (χ0n) is 11.7. The molecule has 0 spiro atoms. The number of carbonyl (C=O) groups excluding carboxylic acids is 1. The third kappa shape index (κ3) is 2.98. The van der Waals surface area contributed by atoms with Crippen LogP contribution >= 0.6 is 0 Å². The number of hydrogen-bond acceptors (Lipinski definition) is 3. The fraction of sp³-hybridized carbons (Fsp3) is 0.438. The summed E-state index contributed by atoms with van der Waals surface area (Å²) in [6, 6.07) is 6.10. The van der Waals surface area contributed by atoms with Gasteiger partial charge in [0.25, 0.3) is 0 Å². The summed E-state index contributed by atoms with van der Waals surface area (Å²) in [5.41, 5.74) is 3.21. The molecule has 0 saturated carbocycles. The van der Waals surface area contributed by atoms with Crippen LogP contribution in [0.1, 0.15) is 44.2 Å². The van der Waals surface area contributed by atoms with E-state index in [0.717, 1.165) is 23.3 Å². The highest BCUT2D eigenvalue weighted by Crippen LogP contribution is 2.38. The Labute approximate surface area is 114 Å². The molecule has 1 aliphatic heterocycles. The molecule has 0 aromatic heterocycles. The molecule has 1 aromatic rings. The lowest BCUT2D eigenvalue weighted by atomic mass is 9.92. The SMILES string of the molecule is CCOC(=O)/C=C1\CCOc2c1cccc2C(C)C. The van der Waals surface area contributed by atoms with Gasteiger partial charge in [0.1, 0.15) is 5.75 Å². The van der Waals surface area contributed by atoms with Crippen LogP contribution in [0.2, 0.25) is 0 Å². The number of para-hydroxylation sites is 1. The molecule has 0 N–H and O–H groups in total. The van der Waals surface area contributed by atoms with E-state index < -0.39 is 0 Å². The lowest BCUT2D eigenvalue weighted by Gasteiger charge is -2.24. The fourth-order valence-electron chi connectivity index (χ4n) is 2.30. The first kappa shape index (κ1) is 13.7. The minimum atomic E-state index is -0.277. The molecule has 1 aliphatic rings. The van der Waals surface area contributed by atoms with E-state index in [1.165, 1.54) is 5.56 Å². The van der Waals surface area contributed by atoms with Gasteiger partial charge in [-0.25, -0.2) is 4.79 Å². The van der Waals surface area contributed by atoms with Gasteiger partial charge < -0.3 is 9.47 Å². The van der Waals surface area contributed by atoms with E-state index >= 15 is 0 Å². The van der Waals surface area contributed by atoms with Crippen LogP contribution in [-0.4, -0.2) is 19.2 Å². The van der Waals surface area contributed by atoms with Crippen LogP contribution in [0.25, 0.3) is 5.57 Å². The zero-order chi connectivity index (χ0) is 13.8. The average molecular weight is 260 g/mol. The molecule has 3 nitrogen and oxygen atoms in total. The second-order valence-corrected chi connectivity index (χ2v) is 4.90. The molecule has 0 bridgehead atoms. The van der Waals surface area contributed by atoms with E-state index in [9.17, 15) is 4.79 Å². The van der Waals surface area contributed by atoms with Crippen molar-refractivity contribution in [2.75, 3.05) is 13.2 Å². The Morgan fingerprint density at radius 3 is 2.95 bits per heavy atom. The van der Waals surface area contributed by atoms with E-state index in [4.69, 9.17) is 9.47 Å². The van der Waals surface area contributed by atoms with Crippen molar-refractivity contribution in [2.24, 2.45) is 0 Å². The van der Waals surface area contributed by atoms with Crippen molar-refractivity contribution in [1.29, 1.82) is 0 Å². The summed E-state index contributed by atoms with van der Waals surface area (Å²) in [7, 11) is 0. The number of benzene rings is 1. The first-order valence-corrected chi connectivity index (χ1v) is 6.77. The van der Waals surface area contributed by atoms with Crippen LogP contribution in [0.5, 0.6) is 5.75 Å². The fourth-order valence-corrected chi connectivity index (χ4v) is 2.30. The molecule has 3 heteroatoms. The molecule has 0 amide bonds. The number of rotatable bonds is 3. The molecular weight excluding hydrogens is 240 g/mol. The highest BCUT2D eigenvalue weighted by molar-refractivity contribution is 5.92. The van der Waals surface area contributed by atoms with Gasteiger partial charge in [0, 0.05) is 18.1 Å². The lowest BCUT2D eigenvalue weighted by Crippen LogP contribution is -2.12. The van der Waals surface area contributed by atoms with Crippen molar-refractivity contribution in [3.63, 3.8) is 0 Å². The molecule has 0 fully saturated rings. The predicted octanol–water partition coefficient (Wildman–Crippen LogP) is 3.54. The van der Waals surface area contributed by atoms with Gasteiger partial charge >= 0.3 is 5.97 Å². The van der Waals surface area contributed by atoms with E-state index in [0.29, 0.717) is 19.1 Å². The largest absolute Gasteiger partial charge is 0.492 e. The molecule has 0 saturated heterocycles. The molecule has 0 radical (unpaired) electrons. The van der Waals surface area contributed by atoms with Gasteiger partial charge in [-0.05, 0) is 24.0 Å². The Morgan fingerprint density at radius 1 is 1.47 bits per heavy atom. The summed E-state index contributed by atoms with van der Waals surface area (Å²) in [5.74, 6) is 1.04. The summed E-state index contributed by atoms with van der Waals surface area (Å²) in [4.78, 5) is 11.6. The minimum absolute atomic E-state index is 0.277. The Kier molecular flexibility index (Phi) is 4.25. The molecule has 1 aromatic carbocycles.